The Kier molecular flexibility index (Phi) is 5.93. The molecule has 0 saturated carbocycles. The molecule has 17 heavy (non-hydrogen) atoms. The average Bonchev–Trinajstić information content (AvgIpc) is 2.62. The number of carbonyl (C=O) groups is 1. The summed E-state index contributed by atoms with van der Waals surface area (Å²) in [7, 11) is 1.63. The SMILES string of the molecule is COCCCNC(=O)CCn1c(C)csc1=O. The lowest BCUT2D eigenvalue weighted by Crippen LogP contribution is -2.27. The number of hydrogen-bond acceptors (Lipinski definition) is 4. The lowest BCUT2D eigenvalue weighted by molar-refractivity contribution is -0.121. The second-order valence-corrected chi connectivity index (χ2v) is 4.56. The minimum absolute atomic E-state index is 0.00492. The van der Waals surface area contributed by atoms with Crippen LogP contribution in [0.3, 0.4) is 0 Å². The highest BCUT2D eigenvalue weighted by Gasteiger charge is 2.05. The van der Waals surface area contributed by atoms with Gasteiger partial charge in [-0.2, -0.15) is 0 Å². The van der Waals surface area contributed by atoms with E-state index in [0.29, 0.717) is 26.1 Å². The van der Waals surface area contributed by atoms with E-state index in [0.717, 1.165) is 12.1 Å². The van der Waals surface area contributed by atoms with Crippen LogP contribution >= 0.6 is 11.3 Å². The van der Waals surface area contributed by atoms with Crippen LogP contribution < -0.4 is 10.2 Å². The van der Waals surface area contributed by atoms with E-state index in [4.69, 9.17) is 4.74 Å². The van der Waals surface area contributed by atoms with Gasteiger partial charge in [0.15, 0.2) is 0 Å². The molecule has 1 N–H and O–H groups in total. The van der Waals surface area contributed by atoms with E-state index >= 15 is 0 Å². The standard InChI is InChI=1S/C11H18N2O3S/c1-9-8-17-11(15)13(9)6-4-10(14)12-5-3-7-16-2/h8H,3-7H2,1-2H3,(H,12,14). The normalized spacial score (nSPS) is 10.5. The fourth-order valence-corrected chi connectivity index (χ4v) is 2.18. The van der Waals surface area contributed by atoms with Gasteiger partial charge in [0.1, 0.15) is 0 Å². The molecule has 5 nitrogen and oxygen atoms in total. The van der Waals surface area contributed by atoms with Crippen LogP contribution in [0, 0.1) is 6.92 Å². The zero-order valence-corrected chi connectivity index (χ0v) is 11.0. The van der Waals surface area contributed by atoms with Gasteiger partial charge in [0.25, 0.3) is 0 Å². The molecule has 0 fully saturated rings. The molecule has 0 unspecified atom stereocenters. The third-order valence-corrected chi connectivity index (χ3v) is 3.27. The van der Waals surface area contributed by atoms with Crippen LogP contribution in [0.1, 0.15) is 18.5 Å². The van der Waals surface area contributed by atoms with E-state index in [2.05, 4.69) is 5.32 Å². The molecule has 0 radical (unpaired) electrons. The van der Waals surface area contributed by atoms with Crippen molar-refractivity contribution in [3.8, 4) is 0 Å². The molecule has 0 spiro atoms. The van der Waals surface area contributed by atoms with Crippen LogP contribution in [0.2, 0.25) is 0 Å². The Hall–Kier alpha value is -1.14. The predicted octanol–water partition coefficient (Wildman–Crippen LogP) is 0.761. The molecule has 0 bridgehead atoms. The lowest BCUT2D eigenvalue weighted by atomic mass is 10.3. The minimum Gasteiger partial charge on any atom is -0.385 e. The number of hydrogen-bond donors (Lipinski definition) is 1. The van der Waals surface area contributed by atoms with Crippen LogP contribution in [-0.4, -0.2) is 30.7 Å². The van der Waals surface area contributed by atoms with Gasteiger partial charge in [-0.05, 0) is 13.3 Å². The molecule has 6 heteroatoms. The molecule has 1 amide bonds. The summed E-state index contributed by atoms with van der Waals surface area (Å²) in [5.74, 6) is -0.0291. The highest BCUT2D eigenvalue weighted by Crippen LogP contribution is 2.00. The number of nitrogens with zero attached hydrogens (tertiary/aromatic N) is 1. The number of methoxy groups -OCH3 is 1. The van der Waals surface area contributed by atoms with E-state index in [1.807, 2.05) is 6.92 Å². The molecule has 0 aliphatic heterocycles. The first kappa shape index (κ1) is 13.9. The van der Waals surface area contributed by atoms with Crippen molar-refractivity contribution in [2.24, 2.45) is 0 Å². The van der Waals surface area contributed by atoms with Crippen molar-refractivity contribution in [2.45, 2.75) is 26.3 Å². The van der Waals surface area contributed by atoms with Crippen molar-refractivity contribution in [3.05, 3.63) is 20.7 Å². The maximum Gasteiger partial charge on any atom is 0.307 e. The van der Waals surface area contributed by atoms with Gasteiger partial charge in [-0.1, -0.05) is 11.3 Å². The highest BCUT2D eigenvalue weighted by atomic mass is 32.1. The second kappa shape index (κ2) is 7.24. The molecule has 0 atom stereocenters. The Bertz CT molecular complexity index is 411. The van der Waals surface area contributed by atoms with Crippen LogP contribution in [0.5, 0.6) is 0 Å². The lowest BCUT2D eigenvalue weighted by Gasteiger charge is -2.06. The fourth-order valence-electron chi connectivity index (χ4n) is 1.42. The van der Waals surface area contributed by atoms with Gasteiger partial charge < -0.3 is 14.6 Å². The van der Waals surface area contributed by atoms with Crippen LogP contribution in [-0.2, 0) is 16.1 Å². The van der Waals surface area contributed by atoms with Gasteiger partial charge >= 0.3 is 4.87 Å². The summed E-state index contributed by atoms with van der Waals surface area (Å²) in [5, 5.41) is 4.59. The topological polar surface area (TPSA) is 60.3 Å². The van der Waals surface area contributed by atoms with E-state index in [1.54, 1.807) is 17.1 Å². The maximum absolute atomic E-state index is 11.5. The Morgan fingerprint density at radius 2 is 2.35 bits per heavy atom. The Morgan fingerprint density at radius 3 is 2.94 bits per heavy atom. The number of rotatable bonds is 7. The van der Waals surface area contributed by atoms with Gasteiger partial charge in [0.05, 0.1) is 0 Å². The smallest absolute Gasteiger partial charge is 0.307 e. The summed E-state index contributed by atoms with van der Waals surface area (Å²) < 4.78 is 6.50. The Morgan fingerprint density at radius 1 is 1.59 bits per heavy atom. The van der Waals surface area contributed by atoms with Gasteiger partial charge in [-0.25, -0.2) is 0 Å². The highest BCUT2D eigenvalue weighted by molar-refractivity contribution is 7.07. The van der Waals surface area contributed by atoms with E-state index < -0.39 is 0 Å². The number of amides is 1. The molecule has 1 heterocycles. The Balaban J connectivity index is 2.26. The molecular weight excluding hydrogens is 240 g/mol. The van der Waals surface area contributed by atoms with E-state index in [1.165, 1.54) is 11.3 Å². The number of aromatic nitrogens is 1. The third-order valence-electron chi connectivity index (χ3n) is 2.39. The van der Waals surface area contributed by atoms with Gasteiger partial charge in [-0.15, -0.1) is 0 Å². The largest absolute Gasteiger partial charge is 0.385 e. The number of carbonyl (C=O) groups excluding carboxylic acids is 1. The minimum atomic E-state index is -0.0291. The second-order valence-electron chi connectivity index (χ2n) is 3.74. The summed E-state index contributed by atoms with van der Waals surface area (Å²) in [6.07, 6.45) is 1.14. The maximum atomic E-state index is 11.5. The molecule has 1 aromatic heterocycles. The first-order valence-electron chi connectivity index (χ1n) is 5.55. The quantitative estimate of drug-likeness (QED) is 0.735. The van der Waals surface area contributed by atoms with E-state index in [-0.39, 0.29) is 10.8 Å². The molecule has 0 aliphatic carbocycles. The number of ether oxygens (including phenoxy) is 1. The molecule has 96 valence electrons. The number of nitrogens with one attached hydrogen (secondary N) is 1. The van der Waals surface area contributed by atoms with Crippen molar-refractivity contribution in [2.75, 3.05) is 20.3 Å². The molecule has 1 aromatic rings. The summed E-state index contributed by atoms with van der Waals surface area (Å²) >= 11 is 1.17. The van der Waals surface area contributed by atoms with E-state index in [9.17, 15) is 9.59 Å². The molecule has 0 saturated heterocycles. The first-order chi connectivity index (χ1) is 8.15. The van der Waals surface area contributed by atoms with Crippen molar-refractivity contribution in [1.29, 1.82) is 0 Å². The average molecular weight is 258 g/mol. The molecule has 0 aromatic carbocycles. The number of thiazole rings is 1. The van der Waals surface area contributed by atoms with Gasteiger partial charge in [-0.3, -0.25) is 9.59 Å². The van der Waals surface area contributed by atoms with Crippen molar-refractivity contribution >= 4 is 17.2 Å². The third kappa shape index (κ3) is 4.70. The van der Waals surface area contributed by atoms with Crippen LogP contribution in [0.15, 0.2) is 10.2 Å². The molecule has 1 rings (SSSR count). The summed E-state index contributed by atoms with van der Waals surface area (Å²) in [4.78, 5) is 22.8. The first-order valence-corrected chi connectivity index (χ1v) is 6.43. The van der Waals surface area contributed by atoms with Gasteiger partial charge in [0, 0.05) is 44.3 Å². The van der Waals surface area contributed by atoms with Crippen molar-refractivity contribution in [3.63, 3.8) is 0 Å². The fraction of sp³-hybridized carbons (Fsp3) is 0.636. The predicted molar refractivity (Wildman–Crippen MR) is 67.4 cm³/mol. The van der Waals surface area contributed by atoms with Crippen molar-refractivity contribution < 1.29 is 9.53 Å². The monoisotopic (exact) mass is 258 g/mol. The summed E-state index contributed by atoms with van der Waals surface area (Å²) in [5.41, 5.74) is 0.909. The van der Waals surface area contributed by atoms with Gasteiger partial charge in [0.2, 0.25) is 5.91 Å². The summed E-state index contributed by atoms with van der Waals surface area (Å²) in [6.45, 7) is 3.58. The molecule has 0 aliphatic rings. The number of aryl methyl sites for hydroxylation is 1. The zero-order valence-electron chi connectivity index (χ0n) is 10.2. The zero-order chi connectivity index (χ0) is 12.7. The summed E-state index contributed by atoms with van der Waals surface area (Å²) in [6, 6.07) is 0. The van der Waals surface area contributed by atoms with Crippen molar-refractivity contribution in [1.82, 2.24) is 9.88 Å². The van der Waals surface area contributed by atoms with Crippen LogP contribution in [0.4, 0.5) is 0 Å². The molecular formula is C11H18N2O3S. The van der Waals surface area contributed by atoms with Crippen LogP contribution in [0.25, 0.3) is 0 Å². The Labute approximate surface area is 104 Å².